The number of nitrogens with one attached hydrogen (secondary N) is 1. The molecule has 160 valence electrons. The fraction of sp³-hybridized carbons (Fsp3) is 0.381. The Hall–Kier alpha value is -3.10. The Morgan fingerprint density at radius 3 is 2.37 bits per heavy atom. The van der Waals surface area contributed by atoms with Crippen LogP contribution >= 0.6 is 0 Å². The van der Waals surface area contributed by atoms with Gasteiger partial charge >= 0.3 is 12.2 Å². The highest BCUT2D eigenvalue weighted by Gasteiger charge is 2.50. The highest BCUT2D eigenvalue weighted by molar-refractivity contribution is 6.11. The number of nitrogens with zero attached hydrogens (tertiary/aromatic N) is 2. The van der Waals surface area contributed by atoms with Crippen LogP contribution in [0.4, 0.5) is 18.0 Å². The molecule has 3 rings (SSSR count). The first-order valence-corrected chi connectivity index (χ1v) is 9.32. The Labute approximate surface area is 171 Å². The maximum Gasteiger partial charge on any atom is 0.406 e. The van der Waals surface area contributed by atoms with Gasteiger partial charge in [-0.2, -0.15) is 13.2 Å². The van der Waals surface area contributed by atoms with E-state index < -0.39 is 42.5 Å². The molecule has 6 nitrogen and oxygen atoms in total. The van der Waals surface area contributed by atoms with Gasteiger partial charge in [0.25, 0.3) is 5.91 Å². The van der Waals surface area contributed by atoms with Gasteiger partial charge in [0.05, 0.1) is 6.54 Å². The van der Waals surface area contributed by atoms with Crippen LogP contribution in [-0.4, -0.2) is 39.9 Å². The van der Waals surface area contributed by atoms with Crippen LogP contribution in [0.25, 0.3) is 0 Å². The summed E-state index contributed by atoms with van der Waals surface area (Å²) >= 11 is 0. The highest BCUT2D eigenvalue weighted by atomic mass is 19.4. The van der Waals surface area contributed by atoms with Gasteiger partial charge in [-0.05, 0) is 44.9 Å². The van der Waals surface area contributed by atoms with Crippen LogP contribution in [0.5, 0.6) is 0 Å². The summed E-state index contributed by atoms with van der Waals surface area (Å²) in [6.07, 6.45) is -4.44. The maximum absolute atomic E-state index is 13.0. The van der Waals surface area contributed by atoms with E-state index in [2.05, 4.69) is 5.32 Å². The second-order valence-corrected chi connectivity index (χ2v) is 7.67. The molecule has 1 aromatic heterocycles. The van der Waals surface area contributed by atoms with Gasteiger partial charge in [0.1, 0.15) is 12.1 Å². The van der Waals surface area contributed by atoms with Crippen molar-refractivity contribution in [2.24, 2.45) is 0 Å². The van der Waals surface area contributed by atoms with Crippen LogP contribution in [0, 0.1) is 20.8 Å². The number of aromatic nitrogens is 1. The molecule has 3 amide bonds. The Balaban J connectivity index is 1.86. The molecule has 9 heteroatoms. The number of carbonyl (C=O) groups excluding carboxylic acids is 3. The lowest BCUT2D eigenvalue weighted by atomic mass is 9.88. The molecule has 1 aliphatic heterocycles. The molecule has 1 N–H and O–H groups in total. The average Bonchev–Trinajstić information content (AvgIpc) is 3.03. The third-order valence-corrected chi connectivity index (χ3v) is 5.47. The Bertz CT molecular complexity index is 1040. The first kappa shape index (κ1) is 21.6. The molecule has 30 heavy (non-hydrogen) atoms. The summed E-state index contributed by atoms with van der Waals surface area (Å²) in [5.41, 5.74) is 0.565. The van der Waals surface area contributed by atoms with Crippen molar-refractivity contribution in [3.8, 4) is 0 Å². The molecule has 0 radical (unpaired) electrons. The molecule has 2 heterocycles. The maximum atomic E-state index is 13.0. The number of ketones is 1. The van der Waals surface area contributed by atoms with Gasteiger partial charge in [-0.25, -0.2) is 4.79 Å². The molecule has 1 saturated heterocycles. The van der Waals surface area contributed by atoms with E-state index in [1.807, 2.05) is 13.0 Å². The number of alkyl halides is 3. The van der Waals surface area contributed by atoms with Crippen LogP contribution in [0.15, 0.2) is 30.3 Å². The number of hydrogen-bond donors (Lipinski definition) is 1. The summed E-state index contributed by atoms with van der Waals surface area (Å²) < 4.78 is 39.4. The van der Waals surface area contributed by atoms with Crippen molar-refractivity contribution < 1.29 is 27.6 Å². The molecule has 0 aliphatic carbocycles. The molecule has 0 saturated carbocycles. The standard InChI is InChI=1S/C21H22F3N3O3/c1-12-7-5-6-8-16(12)20(4)18(29)26(19(30)25-20)10-17(28)15-9-13(2)27(14(15)3)11-21(22,23)24/h5-9H,10-11H2,1-4H3,(H,25,30). The zero-order valence-electron chi connectivity index (χ0n) is 17.1. The van der Waals surface area contributed by atoms with Crippen LogP contribution in [0.1, 0.15) is 39.8 Å². The number of urea groups is 1. The van der Waals surface area contributed by atoms with Crippen LogP contribution in [-0.2, 0) is 16.9 Å². The third kappa shape index (κ3) is 3.71. The fourth-order valence-electron chi connectivity index (χ4n) is 3.89. The quantitative estimate of drug-likeness (QED) is 0.592. The van der Waals surface area contributed by atoms with Gasteiger partial charge in [0, 0.05) is 17.0 Å². The van der Waals surface area contributed by atoms with E-state index in [0.29, 0.717) is 5.56 Å². The van der Waals surface area contributed by atoms with Crippen molar-refractivity contribution in [1.82, 2.24) is 14.8 Å². The van der Waals surface area contributed by atoms with Crippen molar-refractivity contribution in [2.75, 3.05) is 6.54 Å². The summed E-state index contributed by atoms with van der Waals surface area (Å²) in [4.78, 5) is 39.1. The molecule has 1 fully saturated rings. The average molecular weight is 421 g/mol. The number of amides is 3. The first-order chi connectivity index (χ1) is 13.8. The van der Waals surface area contributed by atoms with Gasteiger partial charge in [-0.1, -0.05) is 24.3 Å². The minimum atomic E-state index is -4.44. The number of Topliss-reactive ketones (excluding diaryl/α,β-unsaturated/α-hetero) is 1. The number of carbonyl (C=O) groups is 3. The minimum Gasteiger partial charge on any atom is -0.339 e. The van der Waals surface area contributed by atoms with E-state index in [-0.39, 0.29) is 17.0 Å². The monoisotopic (exact) mass is 421 g/mol. The molecule has 0 bridgehead atoms. The number of hydrogen-bond acceptors (Lipinski definition) is 3. The van der Waals surface area contributed by atoms with E-state index >= 15 is 0 Å². The molecule has 2 aromatic rings. The number of halogens is 3. The lowest BCUT2D eigenvalue weighted by Gasteiger charge is -2.24. The van der Waals surface area contributed by atoms with Crippen molar-refractivity contribution >= 4 is 17.7 Å². The van der Waals surface area contributed by atoms with Crippen LogP contribution in [0.3, 0.4) is 0 Å². The number of benzene rings is 1. The molecular weight excluding hydrogens is 399 g/mol. The largest absolute Gasteiger partial charge is 0.406 e. The number of rotatable bonds is 5. The second kappa shape index (κ2) is 7.30. The minimum absolute atomic E-state index is 0.0573. The van der Waals surface area contributed by atoms with Crippen molar-refractivity contribution in [3.05, 3.63) is 58.4 Å². The van der Waals surface area contributed by atoms with Gasteiger partial charge in [-0.3, -0.25) is 14.5 Å². The van der Waals surface area contributed by atoms with Gasteiger partial charge in [0.15, 0.2) is 5.78 Å². The Kier molecular flexibility index (Phi) is 5.26. The van der Waals surface area contributed by atoms with E-state index in [9.17, 15) is 27.6 Å². The molecule has 1 aliphatic rings. The van der Waals surface area contributed by atoms with Gasteiger partial charge < -0.3 is 9.88 Å². The SMILES string of the molecule is Cc1ccccc1C1(C)NC(=O)N(CC(=O)c2cc(C)n(CC(F)(F)F)c2C)C1=O. The third-order valence-electron chi connectivity index (χ3n) is 5.47. The van der Waals surface area contributed by atoms with E-state index in [1.165, 1.54) is 19.9 Å². The van der Waals surface area contributed by atoms with E-state index in [4.69, 9.17) is 0 Å². The number of aryl methyl sites for hydroxylation is 2. The zero-order valence-corrected chi connectivity index (χ0v) is 17.1. The Morgan fingerprint density at radius 2 is 1.77 bits per heavy atom. The number of imide groups is 1. The zero-order chi connectivity index (χ0) is 22.4. The topological polar surface area (TPSA) is 71.4 Å². The Morgan fingerprint density at radius 1 is 1.13 bits per heavy atom. The van der Waals surface area contributed by atoms with Gasteiger partial charge in [-0.15, -0.1) is 0 Å². The molecule has 1 aromatic carbocycles. The first-order valence-electron chi connectivity index (χ1n) is 9.32. The molecule has 1 unspecified atom stereocenters. The molecule has 1 atom stereocenters. The lowest BCUT2D eigenvalue weighted by molar-refractivity contribution is -0.141. The summed E-state index contributed by atoms with van der Waals surface area (Å²) in [6.45, 7) is 4.49. The fourth-order valence-corrected chi connectivity index (χ4v) is 3.89. The summed E-state index contributed by atoms with van der Waals surface area (Å²) in [5, 5.41) is 2.64. The normalized spacial score (nSPS) is 19.4. The van der Waals surface area contributed by atoms with Gasteiger partial charge in [0.2, 0.25) is 0 Å². The molecule has 0 spiro atoms. The predicted octanol–water partition coefficient (Wildman–Crippen LogP) is 3.63. The van der Waals surface area contributed by atoms with Crippen molar-refractivity contribution in [2.45, 2.75) is 46.0 Å². The van der Waals surface area contributed by atoms with Crippen LogP contribution < -0.4 is 5.32 Å². The smallest absolute Gasteiger partial charge is 0.339 e. The predicted molar refractivity (Wildman–Crippen MR) is 103 cm³/mol. The van der Waals surface area contributed by atoms with Crippen molar-refractivity contribution in [1.29, 1.82) is 0 Å². The van der Waals surface area contributed by atoms with Crippen LogP contribution in [0.2, 0.25) is 0 Å². The summed E-state index contributed by atoms with van der Waals surface area (Å²) in [5.74, 6) is -1.19. The highest BCUT2D eigenvalue weighted by Crippen LogP contribution is 2.31. The molecular formula is C21H22F3N3O3. The second-order valence-electron chi connectivity index (χ2n) is 7.67. The summed E-state index contributed by atoms with van der Waals surface area (Å²) in [6, 6.07) is 7.72. The van der Waals surface area contributed by atoms with E-state index in [0.717, 1.165) is 15.0 Å². The van der Waals surface area contributed by atoms with E-state index in [1.54, 1.807) is 25.1 Å². The van der Waals surface area contributed by atoms with Crippen molar-refractivity contribution in [3.63, 3.8) is 0 Å². The summed E-state index contributed by atoms with van der Waals surface area (Å²) in [7, 11) is 0. The lowest BCUT2D eigenvalue weighted by Crippen LogP contribution is -2.42.